The Morgan fingerprint density at radius 1 is 1.10 bits per heavy atom. The average molecular weight is 417 g/mol. The van der Waals surface area contributed by atoms with Crippen molar-refractivity contribution in [1.29, 1.82) is 0 Å². The molecule has 0 radical (unpaired) electrons. The summed E-state index contributed by atoms with van der Waals surface area (Å²) < 4.78 is 10.9. The summed E-state index contributed by atoms with van der Waals surface area (Å²) >= 11 is 0. The van der Waals surface area contributed by atoms with Gasteiger partial charge in [0.05, 0.1) is 0 Å². The van der Waals surface area contributed by atoms with Crippen LogP contribution in [0.1, 0.15) is 52.8 Å². The second-order valence-electron chi connectivity index (χ2n) is 7.44. The molecule has 4 aromatic rings. The second kappa shape index (κ2) is 8.11. The number of aliphatic hydroxyl groups is 1. The number of nitrogens with zero attached hydrogens (tertiary/aromatic N) is 4. The molecule has 1 aliphatic rings. The highest BCUT2D eigenvalue weighted by Crippen LogP contribution is 2.37. The van der Waals surface area contributed by atoms with E-state index in [9.17, 15) is 9.90 Å². The third-order valence-electron chi connectivity index (χ3n) is 5.34. The summed E-state index contributed by atoms with van der Waals surface area (Å²) in [5.74, 6) is 0.495. The Kier molecular flexibility index (Phi) is 5.01. The average Bonchev–Trinajstić information content (AvgIpc) is 3.47. The first-order valence-electron chi connectivity index (χ1n) is 9.91. The van der Waals surface area contributed by atoms with Crippen LogP contribution in [0.2, 0.25) is 0 Å². The number of amides is 1. The first kappa shape index (κ1) is 19.1. The summed E-state index contributed by atoms with van der Waals surface area (Å²) in [5, 5.41) is 25.3. The van der Waals surface area contributed by atoms with Crippen LogP contribution < -0.4 is 5.32 Å². The van der Waals surface area contributed by atoms with E-state index in [1.165, 1.54) is 0 Å². The molecule has 0 bridgehead atoms. The molecule has 1 aliphatic carbocycles. The Bertz CT molecular complexity index is 1170. The molecule has 0 saturated heterocycles. The molecule has 9 heteroatoms. The molecule has 1 atom stereocenters. The Labute approximate surface area is 177 Å². The van der Waals surface area contributed by atoms with Crippen LogP contribution in [-0.4, -0.2) is 37.4 Å². The van der Waals surface area contributed by atoms with Gasteiger partial charge in [0.1, 0.15) is 5.69 Å². The lowest BCUT2D eigenvalue weighted by molar-refractivity contribution is 0.0864. The van der Waals surface area contributed by atoms with Crippen molar-refractivity contribution in [2.24, 2.45) is 0 Å². The third-order valence-corrected chi connectivity index (χ3v) is 5.34. The lowest BCUT2D eigenvalue weighted by Crippen LogP contribution is -2.43. The lowest BCUT2D eigenvalue weighted by Gasteiger charge is -2.33. The SMILES string of the molecule is O=C(NC1CC(c2nnc(C(O)c3ccncc3)o2)C1)c1cc(-c2ccccc2)no1. The summed E-state index contributed by atoms with van der Waals surface area (Å²) in [7, 11) is 0. The monoisotopic (exact) mass is 417 g/mol. The van der Waals surface area contributed by atoms with Gasteiger partial charge >= 0.3 is 0 Å². The highest BCUT2D eigenvalue weighted by atomic mass is 16.5. The molecule has 1 aromatic carbocycles. The quantitative estimate of drug-likeness (QED) is 0.490. The highest BCUT2D eigenvalue weighted by Gasteiger charge is 2.36. The molecule has 1 saturated carbocycles. The van der Waals surface area contributed by atoms with Crippen LogP contribution in [0.3, 0.4) is 0 Å². The van der Waals surface area contributed by atoms with Crippen molar-refractivity contribution in [3.63, 3.8) is 0 Å². The molecule has 156 valence electrons. The maximum absolute atomic E-state index is 12.5. The Balaban J connectivity index is 1.16. The van der Waals surface area contributed by atoms with E-state index in [2.05, 4.69) is 25.7 Å². The van der Waals surface area contributed by atoms with Gasteiger partial charge in [-0.05, 0) is 30.5 Å². The van der Waals surface area contributed by atoms with Gasteiger partial charge in [-0.25, -0.2) is 0 Å². The first-order valence-corrected chi connectivity index (χ1v) is 9.91. The molecule has 0 aliphatic heterocycles. The number of carbonyl (C=O) groups excluding carboxylic acids is 1. The maximum atomic E-state index is 12.5. The molecule has 3 aromatic heterocycles. The number of nitrogens with one attached hydrogen (secondary N) is 1. The summed E-state index contributed by atoms with van der Waals surface area (Å²) in [6.07, 6.45) is 3.51. The fraction of sp³-hybridized carbons (Fsp3) is 0.227. The van der Waals surface area contributed by atoms with E-state index in [1.54, 1.807) is 30.6 Å². The molecule has 2 N–H and O–H groups in total. The zero-order valence-electron chi connectivity index (χ0n) is 16.4. The number of carbonyl (C=O) groups is 1. The van der Waals surface area contributed by atoms with Gasteiger partial charge in [-0.2, -0.15) is 0 Å². The van der Waals surface area contributed by atoms with Crippen LogP contribution in [-0.2, 0) is 0 Å². The van der Waals surface area contributed by atoms with E-state index in [0.717, 1.165) is 5.56 Å². The van der Waals surface area contributed by atoms with Crippen molar-refractivity contribution in [3.8, 4) is 11.3 Å². The molecule has 9 nitrogen and oxygen atoms in total. The topological polar surface area (TPSA) is 127 Å². The van der Waals surface area contributed by atoms with Gasteiger partial charge in [0.15, 0.2) is 6.10 Å². The molecular weight excluding hydrogens is 398 g/mol. The van der Waals surface area contributed by atoms with Crippen LogP contribution in [0.15, 0.2) is 69.9 Å². The van der Waals surface area contributed by atoms with Crippen molar-refractivity contribution in [3.05, 3.63) is 84.0 Å². The molecular formula is C22H19N5O4. The molecule has 5 rings (SSSR count). The normalized spacial score (nSPS) is 18.9. The van der Waals surface area contributed by atoms with Crippen molar-refractivity contribution >= 4 is 5.91 Å². The summed E-state index contributed by atoms with van der Waals surface area (Å²) in [5.41, 5.74) is 2.13. The van der Waals surface area contributed by atoms with Gasteiger partial charge in [0.25, 0.3) is 5.91 Å². The van der Waals surface area contributed by atoms with E-state index < -0.39 is 6.10 Å². The minimum atomic E-state index is -0.995. The fourth-order valence-corrected chi connectivity index (χ4v) is 3.53. The first-order chi connectivity index (χ1) is 15.2. The van der Waals surface area contributed by atoms with Crippen molar-refractivity contribution in [2.45, 2.75) is 30.9 Å². The maximum Gasteiger partial charge on any atom is 0.290 e. The summed E-state index contributed by atoms with van der Waals surface area (Å²) in [6, 6.07) is 14.5. The molecule has 31 heavy (non-hydrogen) atoms. The largest absolute Gasteiger partial charge is 0.422 e. The predicted molar refractivity (Wildman–Crippen MR) is 108 cm³/mol. The van der Waals surface area contributed by atoms with Crippen molar-refractivity contribution < 1.29 is 18.8 Å². The van der Waals surface area contributed by atoms with Crippen LogP contribution in [0.4, 0.5) is 0 Å². The van der Waals surface area contributed by atoms with E-state index in [1.807, 2.05) is 30.3 Å². The van der Waals surface area contributed by atoms with Gasteiger partial charge in [-0.3, -0.25) is 9.78 Å². The van der Waals surface area contributed by atoms with Crippen LogP contribution in [0.25, 0.3) is 11.3 Å². The van der Waals surface area contributed by atoms with Crippen LogP contribution >= 0.6 is 0 Å². The number of hydrogen-bond acceptors (Lipinski definition) is 8. The lowest BCUT2D eigenvalue weighted by atomic mass is 9.80. The Morgan fingerprint density at radius 2 is 1.87 bits per heavy atom. The van der Waals surface area contributed by atoms with Gasteiger partial charge in [-0.1, -0.05) is 35.5 Å². The zero-order chi connectivity index (χ0) is 21.2. The Morgan fingerprint density at radius 3 is 2.65 bits per heavy atom. The summed E-state index contributed by atoms with van der Waals surface area (Å²) in [4.78, 5) is 16.4. The molecule has 1 unspecified atom stereocenters. The molecule has 1 amide bonds. The zero-order valence-corrected chi connectivity index (χ0v) is 16.4. The fourth-order valence-electron chi connectivity index (χ4n) is 3.53. The minimum absolute atomic E-state index is 0.0248. The standard InChI is InChI=1S/C22H19N5O4/c28-19(14-6-8-23-9-7-14)22-26-25-21(30-22)15-10-16(11-15)24-20(29)18-12-17(27-31-18)13-4-2-1-3-5-13/h1-9,12,15-16,19,28H,10-11H2,(H,24,29). The van der Waals surface area contributed by atoms with E-state index >= 15 is 0 Å². The van der Waals surface area contributed by atoms with E-state index in [0.29, 0.717) is 30.0 Å². The van der Waals surface area contributed by atoms with Crippen molar-refractivity contribution in [1.82, 2.24) is 25.7 Å². The number of aromatic nitrogens is 4. The van der Waals surface area contributed by atoms with Gasteiger partial charge in [-0.15, -0.1) is 10.2 Å². The number of hydrogen-bond donors (Lipinski definition) is 2. The van der Waals surface area contributed by atoms with Crippen molar-refractivity contribution in [2.75, 3.05) is 0 Å². The highest BCUT2D eigenvalue weighted by molar-refractivity contribution is 5.92. The van der Waals surface area contributed by atoms with Gasteiger partial charge < -0.3 is 19.4 Å². The van der Waals surface area contributed by atoms with Crippen LogP contribution in [0, 0.1) is 0 Å². The van der Waals surface area contributed by atoms with Crippen LogP contribution in [0.5, 0.6) is 0 Å². The number of pyridine rings is 1. The molecule has 1 fully saturated rings. The van der Waals surface area contributed by atoms with E-state index in [4.69, 9.17) is 8.94 Å². The number of aliphatic hydroxyl groups excluding tert-OH is 1. The predicted octanol–water partition coefficient (Wildman–Crippen LogP) is 2.88. The smallest absolute Gasteiger partial charge is 0.290 e. The summed E-state index contributed by atoms with van der Waals surface area (Å²) in [6.45, 7) is 0. The minimum Gasteiger partial charge on any atom is -0.422 e. The number of benzene rings is 1. The van der Waals surface area contributed by atoms with E-state index in [-0.39, 0.29) is 29.5 Å². The van der Waals surface area contributed by atoms with Gasteiger partial charge in [0, 0.05) is 36.0 Å². The Hall–Kier alpha value is -3.85. The van der Waals surface area contributed by atoms with Gasteiger partial charge in [0.2, 0.25) is 17.5 Å². The third kappa shape index (κ3) is 3.95. The molecule has 0 spiro atoms. The second-order valence-corrected chi connectivity index (χ2v) is 7.44. The number of rotatable bonds is 6. The molecule has 3 heterocycles.